The highest BCUT2D eigenvalue weighted by atomic mass is 16.5. The topological polar surface area (TPSA) is 38.8 Å². The normalized spacial score (nSPS) is 24.5. The SMILES string of the molecule is CCOC(=O)[C@@H]1CCCN(Cc2ccc3cc(O[C@H]4CC[C@H](C(C)(C)C)CC4)ccc3c2)C1. The Kier molecular flexibility index (Phi) is 7.63. The van der Waals surface area contributed by atoms with Crippen LogP contribution in [0.5, 0.6) is 5.75 Å². The molecule has 0 N–H and O–H groups in total. The van der Waals surface area contributed by atoms with Crippen molar-refractivity contribution in [1.29, 1.82) is 0 Å². The maximum Gasteiger partial charge on any atom is 0.310 e. The van der Waals surface area contributed by atoms with Crippen LogP contribution in [-0.2, 0) is 16.1 Å². The van der Waals surface area contributed by atoms with Gasteiger partial charge in [0.1, 0.15) is 5.75 Å². The number of esters is 1. The van der Waals surface area contributed by atoms with E-state index in [1.807, 2.05) is 6.92 Å². The van der Waals surface area contributed by atoms with E-state index in [2.05, 4.69) is 62.1 Å². The summed E-state index contributed by atoms with van der Waals surface area (Å²) in [4.78, 5) is 14.5. The number of rotatable bonds is 6. The molecule has 0 bridgehead atoms. The number of carbonyl (C=O) groups is 1. The second-order valence-corrected chi connectivity index (χ2v) is 11.1. The van der Waals surface area contributed by atoms with Gasteiger partial charge in [-0.15, -0.1) is 0 Å². The van der Waals surface area contributed by atoms with Crippen molar-refractivity contribution in [2.45, 2.75) is 78.9 Å². The van der Waals surface area contributed by atoms with E-state index in [-0.39, 0.29) is 11.9 Å². The number of hydrogen-bond acceptors (Lipinski definition) is 4. The van der Waals surface area contributed by atoms with Gasteiger partial charge in [-0.2, -0.15) is 0 Å². The van der Waals surface area contributed by atoms with Crippen LogP contribution in [0.3, 0.4) is 0 Å². The summed E-state index contributed by atoms with van der Waals surface area (Å²) in [5.41, 5.74) is 1.70. The minimum Gasteiger partial charge on any atom is -0.490 e. The standard InChI is InChI=1S/C29H41NO3/c1-5-32-28(31)24-7-6-16-30(20-24)19-21-8-9-23-18-27(13-10-22(23)17-21)33-26-14-11-25(12-15-26)29(2,3)4/h8-10,13,17-18,24-26H,5-7,11-12,14-16,19-20H2,1-4H3/t24-,25-,26-/m1/s1. The van der Waals surface area contributed by atoms with E-state index in [1.165, 1.54) is 29.2 Å². The van der Waals surface area contributed by atoms with Gasteiger partial charge >= 0.3 is 5.97 Å². The molecular weight excluding hydrogens is 410 g/mol. The third-order valence-corrected chi connectivity index (χ3v) is 7.61. The third kappa shape index (κ3) is 6.29. The molecule has 1 heterocycles. The number of hydrogen-bond donors (Lipinski definition) is 0. The van der Waals surface area contributed by atoms with Gasteiger partial charge in [-0.05, 0) is 97.9 Å². The summed E-state index contributed by atoms with van der Waals surface area (Å²) in [7, 11) is 0. The van der Waals surface area contributed by atoms with Gasteiger partial charge in [0.05, 0.1) is 18.6 Å². The smallest absolute Gasteiger partial charge is 0.310 e. The zero-order valence-electron chi connectivity index (χ0n) is 20.9. The van der Waals surface area contributed by atoms with E-state index in [4.69, 9.17) is 9.47 Å². The summed E-state index contributed by atoms with van der Waals surface area (Å²) in [6.07, 6.45) is 7.16. The average Bonchev–Trinajstić information content (AvgIpc) is 2.79. The second-order valence-electron chi connectivity index (χ2n) is 11.1. The molecule has 4 rings (SSSR count). The Morgan fingerprint density at radius 1 is 1.00 bits per heavy atom. The molecule has 2 aromatic rings. The molecule has 0 aromatic heterocycles. The summed E-state index contributed by atoms with van der Waals surface area (Å²) < 4.78 is 11.6. The first-order valence-corrected chi connectivity index (χ1v) is 12.9. The summed E-state index contributed by atoms with van der Waals surface area (Å²) in [5.74, 6) is 1.76. The van der Waals surface area contributed by atoms with Gasteiger partial charge in [0.2, 0.25) is 0 Å². The number of ether oxygens (including phenoxy) is 2. The van der Waals surface area contributed by atoms with Crippen LogP contribution in [0.25, 0.3) is 10.8 Å². The largest absolute Gasteiger partial charge is 0.490 e. The van der Waals surface area contributed by atoms with Gasteiger partial charge in [0, 0.05) is 13.1 Å². The van der Waals surface area contributed by atoms with Gasteiger partial charge in [0.25, 0.3) is 0 Å². The van der Waals surface area contributed by atoms with Crippen LogP contribution in [0.1, 0.15) is 71.8 Å². The summed E-state index contributed by atoms with van der Waals surface area (Å²) in [6, 6.07) is 13.2. The minimum absolute atomic E-state index is 0.0114. The highest BCUT2D eigenvalue weighted by molar-refractivity contribution is 5.84. The van der Waals surface area contributed by atoms with Gasteiger partial charge in [-0.3, -0.25) is 9.69 Å². The highest BCUT2D eigenvalue weighted by Crippen LogP contribution is 2.39. The number of fused-ring (bicyclic) bond motifs is 1. The van der Waals surface area contributed by atoms with Crippen molar-refractivity contribution in [2.75, 3.05) is 19.7 Å². The molecule has 0 unspecified atom stereocenters. The molecule has 33 heavy (non-hydrogen) atoms. The first-order chi connectivity index (χ1) is 15.8. The molecular formula is C29H41NO3. The number of likely N-dealkylation sites (tertiary alicyclic amines) is 1. The van der Waals surface area contributed by atoms with Crippen molar-refractivity contribution in [3.05, 3.63) is 42.0 Å². The van der Waals surface area contributed by atoms with Crippen molar-refractivity contribution >= 4 is 16.7 Å². The molecule has 2 aromatic carbocycles. The van der Waals surface area contributed by atoms with Gasteiger partial charge < -0.3 is 9.47 Å². The molecule has 2 fully saturated rings. The Morgan fingerprint density at radius 3 is 2.45 bits per heavy atom. The predicted molar refractivity (Wildman–Crippen MR) is 134 cm³/mol. The van der Waals surface area contributed by atoms with E-state index in [0.29, 0.717) is 18.1 Å². The van der Waals surface area contributed by atoms with Crippen LogP contribution < -0.4 is 4.74 Å². The highest BCUT2D eigenvalue weighted by Gasteiger charge is 2.30. The first-order valence-electron chi connectivity index (χ1n) is 12.9. The van der Waals surface area contributed by atoms with Crippen molar-refractivity contribution < 1.29 is 14.3 Å². The fourth-order valence-corrected chi connectivity index (χ4v) is 5.59. The summed E-state index contributed by atoms with van der Waals surface area (Å²) >= 11 is 0. The van der Waals surface area contributed by atoms with E-state index in [0.717, 1.165) is 57.0 Å². The Morgan fingerprint density at radius 2 is 1.73 bits per heavy atom. The number of carbonyl (C=O) groups excluding carboxylic acids is 1. The van der Waals surface area contributed by atoms with Gasteiger partial charge in [-0.25, -0.2) is 0 Å². The number of nitrogens with zero attached hydrogens (tertiary/aromatic N) is 1. The van der Waals surface area contributed by atoms with Crippen LogP contribution in [0.2, 0.25) is 0 Å². The minimum atomic E-state index is -0.0415. The molecule has 1 saturated carbocycles. The Hall–Kier alpha value is -2.07. The molecule has 1 atom stereocenters. The van der Waals surface area contributed by atoms with Crippen LogP contribution in [0.15, 0.2) is 36.4 Å². The van der Waals surface area contributed by atoms with E-state index >= 15 is 0 Å². The molecule has 0 amide bonds. The quantitative estimate of drug-likeness (QED) is 0.464. The molecule has 1 aliphatic carbocycles. The fraction of sp³-hybridized carbons (Fsp3) is 0.621. The molecule has 2 aliphatic rings. The molecule has 4 nitrogen and oxygen atoms in total. The summed E-state index contributed by atoms with van der Waals surface area (Å²) in [5, 5.41) is 2.47. The zero-order valence-corrected chi connectivity index (χ0v) is 20.9. The lowest BCUT2D eigenvalue weighted by atomic mass is 9.72. The van der Waals surface area contributed by atoms with Crippen LogP contribution in [0, 0.1) is 17.3 Å². The molecule has 0 radical (unpaired) electrons. The number of benzene rings is 2. The molecule has 1 saturated heterocycles. The van der Waals surface area contributed by atoms with E-state index in [9.17, 15) is 4.79 Å². The average molecular weight is 452 g/mol. The summed E-state index contributed by atoms with van der Waals surface area (Å²) in [6.45, 7) is 12.1. The Balaban J connectivity index is 1.35. The zero-order chi connectivity index (χ0) is 23.4. The van der Waals surface area contributed by atoms with Crippen LogP contribution >= 0.6 is 0 Å². The lowest BCUT2D eigenvalue weighted by Gasteiger charge is -2.37. The van der Waals surface area contributed by atoms with E-state index in [1.54, 1.807) is 0 Å². The monoisotopic (exact) mass is 451 g/mol. The van der Waals surface area contributed by atoms with Crippen molar-refractivity contribution in [3.63, 3.8) is 0 Å². The molecule has 4 heteroatoms. The Labute approximate surface area is 199 Å². The van der Waals surface area contributed by atoms with Crippen LogP contribution in [0.4, 0.5) is 0 Å². The lowest BCUT2D eigenvalue weighted by Crippen LogP contribution is -2.38. The fourth-order valence-electron chi connectivity index (χ4n) is 5.59. The van der Waals surface area contributed by atoms with E-state index < -0.39 is 0 Å². The van der Waals surface area contributed by atoms with Crippen molar-refractivity contribution in [2.24, 2.45) is 17.3 Å². The molecule has 180 valence electrons. The maximum atomic E-state index is 12.1. The molecule has 1 aliphatic heterocycles. The third-order valence-electron chi connectivity index (χ3n) is 7.61. The first kappa shape index (κ1) is 24.1. The molecule has 0 spiro atoms. The Bertz CT molecular complexity index is 940. The predicted octanol–water partition coefficient (Wildman–Crippen LogP) is 6.60. The number of piperidine rings is 1. The maximum absolute atomic E-state index is 12.1. The van der Waals surface area contributed by atoms with Gasteiger partial charge in [-0.1, -0.05) is 39.0 Å². The second kappa shape index (κ2) is 10.5. The van der Waals surface area contributed by atoms with Crippen molar-refractivity contribution in [1.82, 2.24) is 4.90 Å². The van der Waals surface area contributed by atoms with Crippen LogP contribution in [-0.4, -0.2) is 36.7 Å². The lowest BCUT2D eigenvalue weighted by molar-refractivity contribution is -0.150. The van der Waals surface area contributed by atoms with Crippen molar-refractivity contribution in [3.8, 4) is 5.75 Å². The van der Waals surface area contributed by atoms with Gasteiger partial charge in [0.15, 0.2) is 0 Å².